The number of aliphatic hydroxyl groups is 1. The lowest BCUT2D eigenvalue weighted by Crippen LogP contribution is -2.42. The van der Waals surface area contributed by atoms with Crippen LogP contribution in [0.2, 0.25) is 0 Å². The Hall–Kier alpha value is -1.55. The standard InChI is InChI=1S/C17H25NO3/c1-5-16(20)18-14-10-17(4,6-2)21-15-8-7-12(11(3)19)9-13(14)15/h7-9,11,14,19H,5-6,10H2,1-4H3,(H,18,20). The number of nitrogens with one attached hydrogen (secondary N) is 1. The lowest BCUT2D eigenvalue weighted by atomic mass is 9.85. The van der Waals surface area contributed by atoms with E-state index in [1.807, 2.05) is 25.1 Å². The molecule has 21 heavy (non-hydrogen) atoms. The van der Waals surface area contributed by atoms with Gasteiger partial charge in [0.05, 0.1) is 12.1 Å². The number of rotatable bonds is 4. The van der Waals surface area contributed by atoms with E-state index in [4.69, 9.17) is 4.74 Å². The number of fused-ring (bicyclic) bond motifs is 1. The van der Waals surface area contributed by atoms with Crippen molar-refractivity contribution in [2.45, 2.75) is 64.7 Å². The van der Waals surface area contributed by atoms with Gasteiger partial charge in [0.1, 0.15) is 11.4 Å². The third-order valence-corrected chi connectivity index (χ3v) is 4.29. The monoisotopic (exact) mass is 291 g/mol. The highest BCUT2D eigenvalue weighted by Crippen LogP contribution is 2.42. The van der Waals surface area contributed by atoms with Crippen LogP contribution in [-0.4, -0.2) is 16.6 Å². The Labute approximate surface area is 126 Å². The fraction of sp³-hybridized carbons (Fsp3) is 0.588. The molecule has 1 aromatic rings. The Balaban J connectivity index is 2.40. The Kier molecular flexibility index (Phi) is 4.57. The van der Waals surface area contributed by atoms with Crippen LogP contribution in [0.15, 0.2) is 18.2 Å². The van der Waals surface area contributed by atoms with E-state index in [0.29, 0.717) is 6.42 Å². The summed E-state index contributed by atoms with van der Waals surface area (Å²) in [6, 6.07) is 5.65. The zero-order valence-electron chi connectivity index (χ0n) is 13.3. The fourth-order valence-electron chi connectivity index (χ4n) is 2.68. The van der Waals surface area contributed by atoms with Crippen molar-refractivity contribution in [2.24, 2.45) is 0 Å². The fourth-order valence-corrected chi connectivity index (χ4v) is 2.68. The number of hydrogen-bond acceptors (Lipinski definition) is 3. The van der Waals surface area contributed by atoms with E-state index in [2.05, 4.69) is 19.2 Å². The highest BCUT2D eigenvalue weighted by molar-refractivity contribution is 5.76. The van der Waals surface area contributed by atoms with Crippen molar-refractivity contribution < 1.29 is 14.6 Å². The van der Waals surface area contributed by atoms with Gasteiger partial charge in [0, 0.05) is 18.4 Å². The maximum atomic E-state index is 11.8. The van der Waals surface area contributed by atoms with Gasteiger partial charge in [0.15, 0.2) is 0 Å². The maximum Gasteiger partial charge on any atom is 0.220 e. The summed E-state index contributed by atoms with van der Waals surface area (Å²) in [4.78, 5) is 11.8. The van der Waals surface area contributed by atoms with E-state index in [9.17, 15) is 9.90 Å². The molecule has 0 bridgehead atoms. The Morgan fingerprint density at radius 3 is 2.81 bits per heavy atom. The third kappa shape index (κ3) is 3.38. The number of carbonyl (C=O) groups excluding carboxylic acids is 1. The number of aliphatic hydroxyl groups excluding tert-OH is 1. The summed E-state index contributed by atoms with van der Waals surface area (Å²) in [5, 5.41) is 12.8. The molecule has 1 heterocycles. The Bertz CT molecular complexity index is 527. The average molecular weight is 291 g/mol. The van der Waals surface area contributed by atoms with Crippen molar-refractivity contribution in [3.05, 3.63) is 29.3 Å². The molecule has 0 fully saturated rings. The van der Waals surface area contributed by atoms with Crippen LogP contribution < -0.4 is 10.1 Å². The van der Waals surface area contributed by atoms with Crippen LogP contribution in [0.4, 0.5) is 0 Å². The van der Waals surface area contributed by atoms with Gasteiger partial charge >= 0.3 is 0 Å². The minimum Gasteiger partial charge on any atom is -0.487 e. The first-order valence-corrected chi connectivity index (χ1v) is 7.69. The van der Waals surface area contributed by atoms with Crippen molar-refractivity contribution in [1.82, 2.24) is 5.32 Å². The van der Waals surface area contributed by atoms with Crippen molar-refractivity contribution >= 4 is 5.91 Å². The number of ether oxygens (including phenoxy) is 1. The van der Waals surface area contributed by atoms with Crippen LogP contribution in [0.3, 0.4) is 0 Å². The highest BCUT2D eigenvalue weighted by atomic mass is 16.5. The van der Waals surface area contributed by atoms with Gasteiger partial charge in [-0.1, -0.05) is 19.9 Å². The molecular formula is C17H25NO3. The van der Waals surface area contributed by atoms with Crippen LogP contribution in [0, 0.1) is 0 Å². The minimum atomic E-state index is -0.530. The second-order valence-corrected chi connectivity index (χ2v) is 6.06. The average Bonchev–Trinajstić information content (AvgIpc) is 2.46. The van der Waals surface area contributed by atoms with Crippen LogP contribution in [0.25, 0.3) is 0 Å². The van der Waals surface area contributed by atoms with Gasteiger partial charge in [0.2, 0.25) is 5.91 Å². The lowest BCUT2D eigenvalue weighted by molar-refractivity contribution is -0.122. The van der Waals surface area contributed by atoms with Gasteiger partial charge in [0.25, 0.3) is 0 Å². The summed E-state index contributed by atoms with van der Waals surface area (Å²) >= 11 is 0. The van der Waals surface area contributed by atoms with Gasteiger partial charge in [-0.3, -0.25) is 4.79 Å². The molecule has 3 unspecified atom stereocenters. The summed E-state index contributed by atoms with van der Waals surface area (Å²) in [5.74, 6) is 0.838. The summed E-state index contributed by atoms with van der Waals surface area (Å²) in [7, 11) is 0. The molecule has 1 amide bonds. The minimum absolute atomic E-state index is 0.0359. The normalized spacial score (nSPS) is 25.7. The first-order chi connectivity index (χ1) is 9.88. The summed E-state index contributed by atoms with van der Waals surface area (Å²) < 4.78 is 6.12. The van der Waals surface area contributed by atoms with E-state index in [-0.39, 0.29) is 17.6 Å². The van der Waals surface area contributed by atoms with E-state index >= 15 is 0 Å². The lowest BCUT2D eigenvalue weighted by Gasteiger charge is -2.40. The highest BCUT2D eigenvalue weighted by Gasteiger charge is 2.36. The van der Waals surface area contributed by atoms with E-state index in [1.54, 1.807) is 6.92 Å². The predicted octanol–water partition coefficient (Wildman–Crippen LogP) is 3.26. The van der Waals surface area contributed by atoms with Crippen molar-refractivity contribution in [3.63, 3.8) is 0 Å². The molecule has 1 aliphatic rings. The molecule has 3 atom stereocenters. The van der Waals surface area contributed by atoms with Crippen LogP contribution in [-0.2, 0) is 4.79 Å². The van der Waals surface area contributed by atoms with E-state index in [1.165, 1.54) is 0 Å². The van der Waals surface area contributed by atoms with Crippen LogP contribution in [0.5, 0.6) is 5.75 Å². The van der Waals surface area contributed by atoms with Crippen LogP contribution in [0.1, 0.15) is 70.2 Å². The molecule has 0 spiro atoms. The second-order valence-electron chi connectivity index (χ2n) is 6.06. The van der Waals surface area contributed by atoms with Gasteiger partial charge < -0.3 is 15.2 Å². The Morgan fingerprint density at radius 1 is 1.52 bits per heavy atom. The zero-order valence-corrected chi connectivity index (χ0v) is 13.3. The quantitative estimate of drug-likeness (QED) is 0.895. The second kappa shape index (κ2) is 6.06. The zero-order chi connectivity index (χ0) is 15.6. The van der Waals surface area contributed by atoms with Gasteiger partial charge in [-0.05, 0) is 38.0 Å². The van der Waals surface area contributed by atoms with Gasteiger partial charge in [-0.25, -0.2) is 0 Å². The van der Waals surface area contributed by atoms with Gasteiger partial charge in [-0.2, -0.15) is 0 Å². The first-order valence-electron chi connectivity index (χ1n) is 7.69. The molecule has 4 heteroatoms. The molecular weight excluding hydrogens is 266 g/mol. The van der Waals surface area contributed by atoms with Crippen molar-refractivity contribution in [1.29, 1.82) is 0 Å². The molecule has 116 valence electrons. The smallest absolute Gasteiger partial charge is 0.220 e. The van der Waals surface area contributed by atoms with Crippen molar-refractivity contribution in [3.8, 4) is 5.75 Å². The predicted molar refractivity (Wildman–Crippen MR) is 82.2 cm³/mol. The van der Waals surface area contributed by atoms with E-state index in [0.717, 1.165) is 29.7 Å². The number of benzene rings is 1. The van der Waals surface area contributed by atoms with Crippen LogP contribution >= 0.6 is 0 Å². The third-order valence-electron chi connectivity index (χ3n) is 4.29. The molecule has 2 N–H and O–H groups in total. The summed E-state index contributed by atoms with van der Waals surface area (Å²) in [6.45, 7) is 7.75. The first kappa shape index (κ1) is 15.8. The molecule has 1 aliphatic heterocycles. The molecule has 0 saturated carbocycles. The number of hydrogen-bond donors (Lipinski definition) is 2. The van der Waals surface area contributed by atoms with E-state index < -0.39 is 6.10 Å². The summed E-state index contributed by atoms with van der Waals surface area (Å²) in [5.41, 5.74) is 1.53. The number of carbonyl (C=O) groups is 1. The van der Waals surface area contributed by atoms with Gasteiger partial charge in [-0.15, -0.1) is 0 Å². The Morgan fingerprint density at radius 2 is 2.24 bits per heavy atom. The van der Waals surface area contributed by atoms with Crippen molar-refractivity contribution in [2.75, 3.05) is 0 Å². The summed E-state index contributed by atoms with van der Waals surface area (Å²) in [6.07, 6.45) is 1.55. The molecule has 0 aromatic heterocycles. The molecule has 1 aromatic carbocycles. The largest absolute Gasteiger partial charge is 0.487 e. The molecule has 0 saturated heterocycles. The maximum absolute atomic E-state index is 11.8. The number of amides is 1. The molecule has 0 radical (unpaired) electrons. The topological polar surface area (TPSA) is 58.6 Å². The SMILES string of the molecule is CCC(=O)NC1CC(C)(CC)Oc2ccc(C(C)O)cc21. The molecule has 4 nitrogen and oxygen atoms in total. The molecule has 0 aliphatic carbocycles. The molecule has 2 rings (SSSR count).